The van der Waals surface area contributed by atoms with Crippen LogP contribution in [0.4, 0.5) is 9.18 Å². The van der Waals surface area contributed by atoms with E-state index < -0.39 is 11.9 Å². The van der Waals surface area contributed by atoms with Gasteiger partial charge in [-0.1, -0.05) is 12.1 Å². The van der Waals surface area contributed by atoms with E-state index in [1.807, 2.05) is 6.07 Å². The van der Waals surface area contributed by atoms with Crippen molar-refractivity contribution in [3.8, 4) is 11.5 Å². The molecule has 1 fully saturated rings. The van der Waals surface area contributed by atoms with Crippen molar-refractivity contribution in [2.24, 2.45) is 0 Å². The molecule has 0 atom stereocenters. The molecular weight excluding hydrogens is 466 g/mol. The molecule has 0 aromatic heterocycles. The first-order valence-corrected chi connectivity index (χ1v) is 9.01. The summed E-state index contributed by atoms with van der Waals surface area (Å²) in [6, 6.07) is 8.66. The summed E-state index contributed by atoms with van der Waals surface area (Å²) < 4.78 is 24.4. The second-order valence-corrected chi connectivity index (χ2v) is 6.91. The van der Waals surface area contributed by atoms with E-state index in [0.717, 1.165) is 8.47 Å². The van der Waals surface area contributed by atoms with E-state index in [4.69, 9.17) is 9.47 Å². The predicted molar refractivity (Wildman–Crippen MR) is 106 cm³/mol. The quantitative estimate of drug-likeness (QED) is 0.403. The summed E-state index contributed by atoms with van der Waals surface area (Å²) in [7, 11) is 3.07. The minimum atomic E-state index is -0.522. The molecule has 1 saturated heterocycles. The van der Waals surface area contributed by atoms with Gasteiger partial charge in [0.05, 0.1) is 24.3 Å². The Morgan fingerprint density at radius 3 is 2.48 bits per heavy atom. The second-order valence-electron chi connectivity index (χ2n) is 5.74. The van der Waals surface area contributed by atoms with Gasteiger partial charge in [0.25, 0.3) is 5.91 Å². The van der Waals surface area contributed by atoms with Crippen LogP contribution in [0.25, 0.3) is 6.08 Å². The molecule has 1 heterocycles. The van der Waals surface area contributed by atoms with Crippen molar-refractivity contribution in [3.05, 3.63) is 62.6 Å². The Labute approximate surface area is 169 Å². The SMILES string of the molecule is COc1cc(C=C2NC(=O)N(Cc3ccc(F)cc3)C2=O)cc(I)c1OC. The van der Waals surface area contributed by atoms with E-state index >= 15 is 0 Å². The Morgan fingerprint density at radius 2 is 1.85 bits per heavy atom. The van der Waals surface area contributed by atoms with Crippen LogP contribution < -0.4 is 14.8 Å². The molecule has 0 unspecified atom stereocenters. The van der Waals surface area contributed by atoms with Gasteiger partial charge >= 0.3 is 6.03 Å². The molecule has 2 aromatic carbocycles. The maximum atomic E-state index is 13.0. The van der Waals surface area contributed by atoms with Crippen molar-refractivity contribution >= 4 is 40.6 Å². The second kappa shape index (κ2) is 7.95. The first-order chi connectivity index (χ1) is 12.9. The number of benzene rings is 2. The Balaban J connectivity index is 1.86. The number of imide groups is 1. The van der Waals surface area contributed by atoms with Crippen molar-refractivity contribution in [2.75, 3.05) is 14.2 Å². The first-order valence-electron chi connectivity index (χ1n) is 7.93. The van der Waals surface area contributed by atoms with Gasteiger partial charge in [0, 0.05) is 0 Å². The highest BCUT2D eigenvalue weighted by Crippen LogP contribution is 2.34. The third kappa shape index (κ3) is 4.05. The number of rotatable bonds is 5. The van der Waals surface area contributed by atoms with E-state index in [1.165, 1.54) is 31.4 Å². The first kappa shape index (κ1) is 19.2. The fourth-order valence-corrected chi connectivity index (χ4v) is 3.52. The lowest BCUT2D eigenvalue weighted by molar-refractivity contribution is -0.123. The molecule has 8 heteroatoms. The number of halogens is 2. The van der Waals surface area contributed by atoms with Gasteiger partial charge in [-0.05, 0) is 64.1 Å². The maximum absolute atomic E-state index is 13.0. The van der Waals surface area contributed by atoms with Gasteiger partial charge in [0.15, 0.2) is 11.5 Å². The summed E-state index contributed by atoms with van der Waals surface area (Å²) in [5.74, 6) is 0.296. The summed E-state index contributed by atoms with van der Waals surface area (Å²) in [5.41, 5.74) is 1.50. The number of hydrogen-bond donors (Lipinski definition) is 1. The molecule has 140 valence electrons. The van der Waals surface area contributed by atoms with Gasteiger partial charge in [-0.25, -0.2) is 9.18 Å². The zero-order valence-electron chi connectivity index (χ0n) is 14.6. The Bertz CT molecular complexity index is 928. The number of carbonyl (C=O) groups excluding carboxylic acids is 2. The van der Waals surface area contributed by atoms with Crippen LogP contribution in [-0.2, 0) is 11.3 Å². The number of methoxy groups -OCH3 is 2. The van der Waals surface area contributed by atoms with Crippen LogP contribution in [0.5, 0.6) is 11.5 Å². The predicted octanol–water partition coefficient (Wildman–Crippen LogP) is 3.54. The van der Waals surface area contributed by atoms with Gasteiger partial charge in [0.1, 0.15) is 11.5 Å². The van der Waals surface area contributed by atoms with Crippen LogP contribution in [0.15, 0.2) is 42.1 Å². The number of carbonyl (C=O) groups is 2. The minimum Gasteiger partial charge on any atom is -0.493 e. The molecule has 27 heavy (non-hydrogen) atoms. The number of ether oxygens (including phenoxy) is 2. The third-order valence-corrected chi connectivity index (χ3v) is 4.78. The summed E-state index contributed by atoms with van der Waals surface area (Å²) in [6.07, 6.45) is 1.58. The maximum Gasteiger partial charge on any atom is 0.329 e. The lowest BCUT2D eigenvalue weighted by Gasteiger charge is -2.12. The Kier molecular flexibility index (Phi) is 5.64. The van der Waals surface area contributed by atoms with E-state index in [-0.39, 0.29) is 18.1 Å². The molecule has 1 aliphatic rings. The standard InChI is InChI=1S/C19H16FIN2O4/c1-26-16-9-12(7-14(21)17(16)27-2)8-15-18(24)23(19(25)22-15)10-11-3-5-13(20)6-4-11/h3-9H,10H2,1-2H3,(H,22,25). The van der Waals surface area contributed by atoms with Crippen molar-refractivity contribution in [3.63, 3.8) is 0 Å². The van der Waals surface area contributed by atoms with Gasteiger partial charge in [-0.15, -0.1) is 0 Å². The normalized spacial score (nSPS) is 15.3. The van der Waals surface area contributed by atoms with E-state index in [1.54, 1.807) is 19.3 Å². The smallest absolute Gasteiger partial charge is 0.329 e. The number of hydrogen-bond acceptors (Lipinski definition) is 4. The summed E-state index contributed by atoms with van der Waals surface area (Å²) in [6.45, 7) is 0.0613. The van der Waals surface area contributed by atoms with Crippen molar-refractivity contribution < 1.29 is 23.5 Å². The number of nitrogens with zero attached hydrogens (tertiary/aromatic N) is 1. The van der Waals surface area contributed by atoms with E-state index in [2.05, 4.69) is 27.9 Å². The highest BCUT2D eigenvalue weighted by atomic mass is 127. The zero-order chi connectivity index (χ0) is 19.6. The molecule has 0 spiro atoms. The lowest BCUT2D eigenvalue weighted by Crippen LogP contribution is -2.30. The van der Waals surface area contributed by atoms with Crippen LogP contribution >= 0.6 is 22.6 Å². The van der Waals surface area contributed by atoms with Crippen molar-refractivity contribution in [1.29, 1.82) is 0 Å². The lowest BCUT2D eigenvalue weighted by atomic mass is 10.1. The zero-order valence-corrected chi connectivity index (χ0v) is 16.7. The fraction of sp³-hybridized carbons (Fsp3) is 0.158. The van der Waals surface area contributed by atoms with Gasteiger partial charge in [-0.2, -0.15) is 0 Å². The average Bonchev–Trinajstić information content (AvgIpc) is 2.90. The van der Waals surface area contributed by atoms with Gasteiger partial charge in [0.2, 0.25) is 0 Å². The number of amides is 3. The van der Waals surface area contributed by atoms with Crippen LogP contribution in [-0.4, -0.2) is 31.1 Å². The van der Waals surface area contributed by atoms with E-state index in [0.29, 0.717) is 22.6 Å². The molecule has 1 aliphatic heterocycles. The topological polar surface area (TPSA) is 67.9 Å². The molecular formula is C19H16FIN2O4. The molecule has 0 radical (unpaired) electrons. The molecule has 0 bridgehead atoms. The third-order valence-electron chi connectivity index (χ3n) is 3.98. The molecule has 1 N–H and O–H groups in total. The van der Waals surface area contributed by atoms with Crippen molar-refractivity contribution in [1.82, 2.24) is 10.2 Å². The molecule has 0 saturated carbocycles. The fourth-order valence-electron chi connectivity index (χ4n) is 2.68. The van der Waals surface area contributed by atoms with Crippen LogP contribution in [0.3, 0.4) is 0 Å². The van der Waals surface area contributed by atoms with Crippen LogP contribution in [0.1, 0.15) is 11.1 Å². The number of nitrogens with one attached hydrogen (secondary N) is 1. The molecule has 3 amide bonds. The molecule has 0 aliphatic carbocycles. The van der Waals surface area contributed by atoms with Gasteiger partial charge < -0.3 is 14.8 Å². The molecule has 3 rings (SSSR count). The highest BCUT2D eigenvalue weighted by molar-refractivity contribution is 14.1. The van der Waals surface area contributed by atoms with Gasteiger partial charge in [-0.3, -0.25) is 9.69 Å². The minimum absolute atomic E-state index is 0.0613. The van der Waals surface area contributed by atoms with E-state index in [9.17, 15) is 14.0 Å². The Hall–Kier alpha value is -2.62. The highest BCUT2D eigenvalue weighted by Gasteiger charge is 2.33. The Morgan fingerprint density at radius 1 is 1.15 bits per heavy atom. The summed E-state index contributed by atoms with van der Waals surface area (Å²) >= 11 is 2.11. The monoisotopic (exact) mass is 482 g/mol. The molecule has 2 aromatic rings. The van der Waals surface area contributed by atoms with Crippen LogP contribution in [0, 0.1) is 9.39 Å². The van der Waals surface area contributed by atoms with Crippen molar-refractivity contribution in [2.45, 2.75) is 6.54 Å². The summed E-state index contributed by atoms with van der Waals surface area (Å²) in [4.78, 5) is 25.9. The largest absolute Gasteiger partial charge is 0.493 e. The van der Waals surface area contributed by atoms with Crippen LogP contribution in [0.2, 0.25) is 0 Å². The average molecular weight is 482 g/mol. The number of urea groups is 1. The summed E-state index contributed by atoms with van der Waals surface area (Å²) in [5, 5.41) is 2.57. The molecule has 6 nitrogen and oxygen atoms in total.